The van der Waals surface area contributed by atoms with Gasteiger partial charge in [-0.1, -0.05) is 12.8 Å². The second-order valence-corrected chi connectivity index (χ2v) is 7.41. The molecule has 5 aliphatic rings. The first-order chi connectivity index (χ1) is 7.84. The van der Waals surface area contributed by atoms with Gasteiger partial charge in [0.15, 0.2) is 0 Å². The largest absolute Gasteiger partial charge is 0.0530 e. The third kappa shape index (κ3) is 1.41. The fourth-order valence-electron chi connectivity index (χ4n) is 6.13. The second-order valence-electron chi connectivity index (χ2n) is 7.41. The van der Waals surface area contributed by atoms with Crippen molar-refractivity contribution in [1.82, 2.24) is 0 Å². The minimum atomic E-state index is 0.815. The van der Waals surface area contributed by atoms with Gasteiger partial charge in [-0.15, -0.1) is 0 Å². The Kier molecular flexibility index (Phi) is 2.18. The standard InChI is InChI=1S/C16H25/c1-2-4-15(5-3-1)16-9-12-6-13(10-16)8-14(7-12)11-16/h4,12-15H,1-3,5-11H2. The summed E-state index contributed by atoms with van der Waals surface area (Å²) in [6, 6.07) is 0. The highest BCUT2D eigenvalue weighted by atomic mass is 14.6. The Morgan fingerprint density at radius 1 is 0.812 bits per heavy atom. The van der Waals surface area contributed by atoms with Crippen LogP contribution in [0.2, 0.25) is 0 Å². The maximum absolute atomic E-state index is 2.73. The molecule has 1 radical (unpaired) electrons. The molecule has 0 heteroatoms. The zero-order chi connectivity index (χ0) is 10.6. The average molecular weight is 217 g/mol. The van der Waals surface area contributed by atoms with Crippen molar-refractivity contribution in [2.75, 3.05) is 0 Å². The van der Waals surface area contributed by atoms with Crippen LogP contribution in [0.25, 0.3) is 0 Å². The van der Waals surface area contributed by atoms with E-state index in [1.54, 1.807) is 38.5 Å². The van der Waals surface area contributed by atoms with Gasteiger partial charge in [-0.25, -0.2) is 0 Å². The van der Waals surface area contributed by atoms with E-state index in [-0.39, 0.29) is 0 Å². The van der Waals surface area contributed by atoms with E-state index in [0.717, 1.165) is 29.1 Å². The summed E-state index contributed by atoms with van der Waals surface area (Å²) in [5.74, 6) is 4.44. The zero-order valence-corrected chi connectivity index (χ0v) is 10.5. The maximum atomic E-state index is 2.73. The monoisotopic (exact) mass is 217 g/mol. The highest BCUT2D eigenvalue weighted by molar-refractivity contribution is 5.07. The Morgan fingerprint density at radius 2 is 1.44 bits per heavy atom. The molecule has 16 heavy (non-hydrogen) atoms. The van der Waals surface area contributed by atoms with Gasteiger partial charge in [-0.3, -0.25) is 0 Å². The Morgan fingerprint density at radius 3 is 1.94 bits per heavy atom. The average Bonchev–Trinajstić information content (AvgIpc) is 2.28. The first kappa shape index (κ1) is 9.97. The third-order valence-electron chi connectivity index (χ3n) is 6.29. The van der Waals surface area contributed by atoms with Crippen LogP contribution in [0, 0.1) is 35.5 Å². The highest BCUT2D eigenvalue weighted by Gasteiger charge is 2.53. The van der Waals surface area contributed by atoms with Crippen molar-refractivity contribution in [3.8, 4) is 0 Å². The summed E-state index contributed by atoms with van der Waals surface area (Å²) in [5, 5.41) is 0. The molecule has 4 bridgehead atoms. The molecule has 0 N–H and O–H groups in total. The van der Waals surface area contributed by atoms with E-state index in [1.165, 1.54) is 25.7 Å². The van der Waals surface area contributed by atoms with Gasteiger partial charge in [0.25, 0.3) is 0 Å². The highest BCUT2D eigenvalue weighted by Crippen LogP contribution is 2.64. The van der Waals surface area contributed by atoms with Crippen LogP contribution in [-0.2, 0) is 0 Å². The Balaban J connectivity index is 1.60. The van der Waals surface area contributed by atoms with Gasteiger partial charge < -0.3 is 0 Å². The lowest BCUT2D eigenvalue weighted by Gasteiger charge is -2.60. The molecular weight excluding hydrogens is 192 g/mol. The predicted octanol–water partition coefficient (Wildman–Crippen LogP) is 4.60. The van der Waals surface area contributed by atoms with E-state index in [9.17, 15) is 0 Å². The number of hydrogen-bond donors (Lipinski definition) is 0. The molecule has 5 aliphatic carbocycles. The molecule has 5 rings (SSSR count). The molecule has 0 aliphatic heterocycles. The summed E-state index contributed by atoms with van der Waals surface area (Å²) in [4.78, 5) is 0. The smallest absolute Gasteiger partial charge is 0.0259 e. The van der Waals surface area contributed by atoms with Gasteiger partial charge in [-0.2, -0.15) is 0 Å². The third-order valence-corrected chi connectivity index (χ3v) is 6.29. The van der Waals surface area contributed by atoms with Crippen LogP contribution in [0.1, 0.15) is 64.2 Å². The molecule has 0 amide bonds. The topological polar surface area (TPSA) is 0 Å². The first-order valence-electron chi connectivity index (χ1n) is 7.67. The fraction of sp³-hybridized carbons (Fsp3) is 0.938. The summed E-state index contributed by atoms with van der Waals surface area (Å²) in [6.45, 7) is 0. The minimum absolute atomic E-state index is 0.815. The minimum Gasteiger partial charge on any atom is -0.0530 e. The molecule has 0 saturated heterocycles. The van der Waals surface area contributed by atoms with Crippen LogP contribution in [-0.4, -0.2) is 0 Å². The predicted molar refractivity (Wildman–Crippen MR) is 66.9 cm³/mol. The van der Waals surface area contributed by atoms with Gasteiger partial charge in [0.05, 0.1) is 0 Å². The fourth-order valence-corrected chi connectivity index (χ4v) is 6.13. The lowest BCUT2D eigenvalue weighted by atomic mass is 9.45. The molecular formula is C16H25. The summed E-state index contributed by atoms with van der Waals surface area (Å²) in [5.41, 5.74) is 0.815. The van der Waals surface area contributed by atoms with Crippen molar-refractivity contribution < 1.29 is 0 Å². The van der Waals surface area contributed by atoms with E-state index in [1.807, 2.05) is 0 Å². The maximum Gasteiger partial charge on any atom is -0.0259 e. The Hall–Kier alpha value is 0. The Labute approximate surface area is 100 Å². The van der Waals surface area contributed by atoms with Crippen molar-refractivity contribution in [3.05, 3.63) is 6.42 Å². The molecule has 0 heterocycles. The molecule has 5 saturated carbocycles. The summed E-state index contributed by atoms with van der Waals surface area (Å²) < 4.78 is 0. The summed E-state index contributed by atoms with van der Waals surface area (Å²) in [7, 11) is 0. The normalized spacial score (nSPS) is 52.1. The first-order valence-corrected chi connectivity index (χ1v) is 7.67. The van der Waals surface area contributed by atoms with Crippen molar-refractivity contribution in [3.63, 3.8) is 0 Å². The molecule has 0 aromatic heterocycles. The molecule has 0 nitrogen and oxygen atoms in total. The molecule has 0 aromatic carbocycles. The second kappa shape index (κ2) is 3.50. The van der Waals surface area contributed by atoms with Gasteiger partial charge in [0.1, 0.15) is 0 Å². The van der Waals surface area contributed by atoms with Crippen LogP contribution >= 0.6 is 0 Å². The molecule has 89 valence electrons. The van der Waals surface area contributed by atoms with Crippen LogP contribution in [0.4, 0.5) is 0 Å². The lowest BCUT2D eigenvalue weighted by molar-refractivity contribution is -0.0844. The van der Waals surface area contributed by atoms with Gasteiger partial charge in [-0.05, 0) is 86.9 Å². The van der Waals surface area contributed by atoms with E-state index in [0.29, 0.717) is 0 Å². The summed E-state index contributed by atoms with van der Waals surface area (Å²) >= 11 is 0. The van der Waals surface area contributed by atoms with E-state index in [2.05, 4.69) is 6.42 Å². The van der Waals surface area contributed by atoms with Crippen LogP contribution in [0.5, 0.6) is 0 Å². The van der Waals surface area contributed by atoms with Crippen molar-refractivity contribution >= 4 is 0 Å². The van der Waals surface area contributed by atoms with Crippen LogP contribution < -0.4 is 0 Å². The summed E-state index contributed by atoms with van der Waals surface area (Å²) in [6.07, 6.45) is 18.3. The van der Waals surface area contributed by atoms with Crippen molar-refractivity contribution in [2.45, 2.75) is 64.2 Å². The zero-order valence-electron chi connectivity index (χ0n) is 10.5. The quantitative estimate of drug-likeness (QED) is 0.602. The van der Waals surface area contributed by atoms with E-state index >= 15 is 0 Å². The number of rotatable bonds is 1. The molecule has 0 aromatic rings. The SMILES string of the molecule is [CH]1CCCCC1C12CC3CC(CC(C3)C1)C2. The van der Waals surface area contributed by atoms with E-state index < -0.39 is 0 Å². The van der Waals surface area contributed by atoms with Crippen LogP contribution in [0.3, 0.4) is 0 Å². The molecule has 0 spiro atoms. The van der Waals surface area contributed by atoms with Gasteiger partial charge in [0, 0.05) is 0 Å². The molecule has 5 fully saturated rings. The number of hydrogen-bond acceptors (Lipinski definition) is 0. The van der Waals surface area contributed by atoms with Crippen LogP contribution in [0.15, 0.2) is 0 Å². The van der Waals surface area contributed by atoms with E-state index in [4.69, 9.17) is 0 Å². The lowest BCUT2D eigenvalue weighted by Crippen LogP contribution is -2.50. The van der Waals surface area contributed by atoms with Gasteiger partial charge in [0.2, 0.25) is 0 Å². The van der Waals surface area contributed by atoms with Crippen molar-refractivity contribution in [2.24, 2.45) is 29.1 Å². The molecule has 1 atom stereocenters. The van der Waals surface area contributed by atoms with Crippen molar-refractivity contribution in [1.29, 1.82) is 0 Å². The molecule has 1 unspecified atom stereocenters. The Bertz CT molecular complexity index is 236. The van der Waals surface area contributed by atoms with Gasteiger partial charge >= 0.3 is 0 Å².